The first-order valence-electron chi connectivity index (χ1n) is 4.51. The molecule has 0 aliphatic heterocycles. The number of rotatable bonds is 3. The van der Waals surface area contributed by atoms with Gasteiger partial charge in [-0.15, -0.1) is 5.10 Å². The highest BCUT2D eigenvalue weighted by atomic mass is 19.3. The van der Waals surface area contributed by atoms with E-state index in [-0.39, 0.29) is 5.95 Å². The Morgan fingerprint density at radius 2 is 2.27 bits per heavy atom. The molecule has 0 aromatic carbocycles. The molecule has 0 unspecified atom stereocenters. The maximum absolute atomic E-state index is 11.9. The van der Waals surface area contributed by atoms with Crippen LogP contribution in [-0.4, -0.2) is 27.6 Å². The molecule has 0 radical (unpaired) electrons. The molecular weight excluding hydrogens is 202 g/mol. The van der Waals surface area contributed by atoms with E-state index in [4.69, 9.17) is 0 Å². The maximum atomic E-state index is 11.9. The Morgan fingerprint density at radius 3 is 2.93 bits per heavy atom. The normalized spacial score (nSPS) is 11.2. The minimum absolute atomic E-state index is 0.226. The van der Waals surface area contributed by atoms with Crippen LogP contribution in [-0.2, 0) is 0 Å². The van der Waals surface area contributed by atoms with E-state index in [0.717, 1.165) is 5.69 Å². The highest BCUT2D eigenvalue weighted by Crippen LogP contribution is 2.08. The van der Waals surface area contributed by atoms with Crippen LogP contribution in [0.25, 0.3) is 5.65 Å². The Labute approximate surface area is 84.9 Å². The lowest BCUT2D eigenvalue weighted by Crippen LogP contribution is -2.11. The zero-order chi connectivity index (χ0) is 10.8. The van der Waals surface area contributed by atoms with Gasteiger partial charge in [-0.05, 0) is 19.1 Å². The van der Waals surface area contributed by atoms with Crippen molar-refractivity contribution in [2.45, 2.75) is 13.3 Å². The summed E-state index contributed by atoms with van der Waals surface area (Å²) in [5.74, 6) is 0.226. The molecule has 4 nitrogen and oxygen atoms in total. The minimum Gasteiger partial charge on any atom is -0.347 e. The minimum atomic E-state index is -2.40. The van der Waals surface area contributed by atoms with Crippen LogP contribution in [0.1, 0.15) is 5.69 Å². The zero-order valence-electron chi connectivity index (χ0n) is 8.11. The number of fused-ring (bicyclic) bond motifs is 1. The molecule has 0 spiro atoms. The Bertz CT molecular complexity index is 466. The molecule has 15 heavy (non-hydrogen) atoms. The van der Waals surface area contributed by atoms with Crippen LogP contribution in [0.5, 0.6) is 0 Å². The molecule has 2 aromatic heterocycles. The summed E-state index contributed by atoms with van der Waals surface area (Å²) in [7, 11) is 0. The van der Waals surface area contributed by atoms with Gasteiger partial charge in [-0.1, -0.05) is 6.07 Å². The lowest BCUT2D eigenvalue weighted by atomic mass is 10.4. The first kappa shape index (κ1) is 9.82. The van der Waals surface area contributed by atoms with Crippen LogP contribution in [0.4, 0.5) is 14.7 Å². The van der Waals surface area contributed by atoms with Crippen LogP contribution in [0.3, 0.4) is 0 Å². The summed E-state index contributed by atoms with van der Waals surface area (Å²) in [6.45, 7) is 1.44. The second-order valence-corrected chi connectivity index (χ2v) is 3.14. The average Bonchev–Trinajstić information content (AvgIpc) is 2.59. The van der Waals surface area contributed by atoms with Crippen LogP contribution < -0.4 is 5.32 Å². The van der Waals surface area contributed by atoms with Gasteiger partial charge < -0.3 is 5.32 Å². The van der Waals surface area contributed by atoms with Gasteiger partial charge in [0.05, 0.1) is 6.54 Å². The summed E-state index contributed by atoms with van der Waals surface area (Å²) in [5.41, 5.74) is 1.55. The first-order chi connectivity index (χ1) is 7.16. The largest absolute Gasteiger partial charge is 0.347 e. The van der Waals surface area contributed by atoms with Crippen molar-refractivity contribution < 1.29 is 8.78 Å². The van der Waals surface area contributed by atoms with Gasteiger partial charge in [0.2, 0.25) is 5.95 Å². The van der Waals surface area contributed by atoms with E-state index in [0.29, 0.717) is 5.65 Å². The summed E-state index contributed by atoms with van der Waals surface area (Å²) >= 11 is 0. The number of nitrogens with one attached hydrogen (secondary N) is 1. The van der Waals surface area contributed by atoms with Gasteiger partial charge in [-0.3, -0.25) is 0 Å². The van der Waals surface area contributed by atoms with Crippen LogP contribution in [0.2, 0.25) is 0 Å². The van der Waals surface area contributed by atoms with Gasteiger partial charge in [-0.2, -0.15) is 4.98 Å². The van der Waals surface area contributed by atoms with Gasteiger partial charge in [0.15, 0.2) is 5.65 Å². The van der Waals surface area contributed by atoms with Crippen LogP contribution in [0, 0.1) is 6.92 Å². The molecule has 0 aliphatic carbocycles. The maximum Gasteiger partial charge on any atom is 0.255 e. The molecule has 0 atom stereocenters. The Hall–Kier alpha value is -1.72. The van der Waals surface area contributed by atoms with E-state index >= 15 is 0 Å². The average molecular weight is 212 g/mol. The number of aryl methyl sites for hydroxylation is 1. The predicted octanol–water partition coefficient (Wildman–Crippen LogP) is 1.71. The van der Waals surface area contributed by atoms with Crippen molar-refractivity contribution in [2.24, 2.45) is 0 Å². The van der Waals surface area contributed by atoms with Gasteiger partial charge in [-0.25, -0.2) is 13.3 Å². The van der Waals surface area contributed by atoms with Crippen molar-refractivity contribution in [3.8, 4) is 0 Å². The highest BCUT2D eigenvalue weighted by molar-refractivity contribution is 5.44. The van der Waals surface area contributed by atoms with E-state index < -0.39 is 13.0 Å². The van der Waals surface area contributed by atoms with E-state index in [1.54, 1.807) is 10.6 Å². The van der Waals surface area contributed by atoms with E-state index in [9.17, 15) is 8.78 Å². The van der Waals surface area contributed by atoms with Crippen molar-refractivity contribution in [3.05, 3.63) is 23.9 Å². The quantitative estimate of drug-likeness (QED) is 0.842. The van der Waals surface area contributed by atoms with Gasteiger partial charge in [0.1, 0.15) is 0 Å². The lowest BCUT2D eigenvalue weighted by molar-refractivity contribution is 0.163. The Kier molecular flexibility index (Phi) is 2.49. The molecule has 2 rings (SSSR count). The summed E-state index contributed by atoms with van der Waals surface area (Å²) in [4.78, 5) is 4.05. The molecular formula is C9H10F2N4. The molecule has 0 saturated heterocycles. The fraction of sp³-hybridized carbons (Fsp3) is 0.333. The van der Waals surface area contributed by atoms with Crippen molar-refractivity contribution in [1.82, 2.24) is 14.6 Å². The third-order valence-corrected chi connectivity index (χ3v) is 1.96. The fourth-order valence-corrected chi connectivity index (χ4v) is 1.28. The van der Waals surface area contributed by atoms with Crippen molar-refractivity contribution >= 4 is 11.6 Å². The van der Waals surface area contributed by atoms with E-state index in [1.165, 1.54) is 0 Å². The number of hydrogen-bond donors (Lipinski definition) is 1. The molecule has 1 N–H and O–H groups in total. The standard InChI is InChI=1S/C9H10F2N4/c1-6-3-2-4-8-13-9(14-15(6)8)12-5-7(10)11/h2-4,7H,5H2,1H3,(H,12,14). The fourth-order valence-electron chi connectivity index (χ4n) is 1.28. The van der Waals surface area contributed by atoms with Crippen LogP contribution >= 0.6 is 0 Å². The second kappa shape index (κ2) is 3.80. The second-order valence-electron chi connectivity index (χ2n) is 3.14. The van der Waals surface area contributed by atoms with Gasteiger partial charge in [0.25, 0.3) is 6.43 Å². The molecule has 2 aromatic rings. The third-order valence-electron chi connectivity index (χ3n) is 1.96. The number of anilines is 1. The van der Waals surface area contributed by atoms with E-state index in [1.807, 2.05) is 19.1 Å². The zero-order valence-corrected chi connectivity index (χ0v) is 8.11. The van der Waals surface area contributed by atoms with E-state index in [2.05, 4.69) is 15.4 Å². The SMILES string of the molecule is Cc1cccc2nc(NCC(F)F)nn12. The predicted molar refractivity (Wildman–Crippen MR) is 52.2 cm³/mol. The molecule has 2 heterocycles. The monoisotopic (exact) mass is 212 g/mol. The third kappa shape index (κ3) is 2.03. The number of pyridine rings is 1. The number of hydrogen-bond acceptors (Lipinski definition) is 3. The molecule has 6 heteroatoms. The van der Waals surface area contributed by atoms with Gasteiger partial charge in [0, 0.05) is 5.69 Å². The smallest absolute Gasteiger partial charge is 0.255 e. The first-order valence-corrected chi connectivity index (χ1v) is 4.51. The molecule has 0 bridgehead atoms. The topological polar surface area (TPSA) is 42.2 Å². The van der Waals surface area contributed by atoms with Crippen molar-refractivity contribution in [1.29, 1.82) is 0 Å². The van der Waals surface area contributed by atoms with Gasteiger partial charge >= 0.3 is 0 Å². The summed E-state index contributed by atoms with van der Waals surface area (Å²) in [6.07, 6.45) is -2.40. The summed E-state index contributed by atoms with van der Waals surface area (Å²) in [5, 5.41) is 6.51. The number of aromatic nitrogens is 3. The van der Waals surface area contributed by atoms with Crippen molar-refractivity contribution in [3.63, 3.8) is 0 Å². The molecule has 0 amide bonds. The Morgan fingerprint density at radius 1 is 1.47 bits per heavy atom. The molecule has 0 aliphatic rings. The van der Waals surface area contributed by atoms with Crippen molar-refractivity contribution in [2.75, 3.05) is 11.9 Å². The summed E-state index contributed by atoms with van der Waals surface area (Å²) in [6, 6.07) is 5.49. The number of halogens is 2. The van der Waals surface area contributed by atoms with Crippen LogP contribution in [0.15, 0.2) is 18.2 Å². The number of nitrogens with zero attached hydrogens (tertiary/aromatic N) is 3. The molecule has 80 valence electrons. The molecule has 0 fully saturated rings. The highest BCUT2D eigenvalue weighted by Gasteiger charge is 2.07. The Balaban J connectivity index is 2.27. The summed E-state index contributed by atoms with van der Waals surface area (Å²) < 4.78 is 25.5. The lowest BCUT2D eigenvalue weighted by Gasteiger charge is -1.98. The number of alkyl halides is 2. The molecule has 0 saturated carbocycles.